The molecule has 2 N–H and O–H groups in total. The van der Waals surface area contributed by atoms with Crippen molar-refractivity contribution in [3.63, 3.8) is 0 Å². The average molecular weight is 280 g/mol. The van der Waals surface area contributed by atoms with Crippen molar-refractivity contribution in [1.29, 1.82) is 0 Å². The molecule has 0 aliphatic carbocycles. The number of carbonyl (C=O) groups excluding carboxylic acids is 1. The summed E-state index contributed by atoms with van der Waals surface area (Å²) in [5.74, 6) is -0.414. The van der Waals surface area contributed by atoms with E-state index in [2.05, 4.69) is 10.2 Å². The monoisotopic (exact) mass is 279 g/mol. The van der Waals surface area contributed by atoms with Gasteiger partial charge in [0.15, 0.2) is 6.10 Å². The highest BCUT2D eigenvalue weighted by Crippen LogP contribution is 2.24. The Kier molecular flexibility index (Phi) is 4.19. The molecule has 0 saturated carbocycles. The van der Waals surface area contributed by atoms with E-state index in [1.807, 2.05) is 0 Å². The topological polar surface area (TPSA) is 69.2 Å². The Bertz CT molecular complexity index is 557. The summed E-state index contributed by atoms with van der Waals surface area (Å²) in [5, 5.41) is 17.0. The largest absolute Gasteiger partial charge is 0.378 e. The summed E-state index contributed by atoms with van der Waals surface area (Å²) in [6, 6.07) is 8.52. The summed E-state index contributed by atoms with van der Waals surface area (Å²) < 4.78 is 0. The molecule has 5 nitrogen and oxygen atoms in total. The first-order valence-corrected chi connectivity index (χ1v) is 6.13. The zero-order valence-electron chi connectivity index (χ0n) is 10.4. The van der Waals surface area contributed by atoms with Crippen LogP contribution in [0.15, 0.2) is 36.5 Å². The van der Waals surface area contributed by atoms with Crippen LogP contribution in [0.1, 0.15) is 17.4 Å². The molecule has 100 valence electrons. The van der Waals surface area contributed by atoms with Gasteiger partial charge in [-0.25, -0.2) is 0 Å². The minimum Gasteiger partial charge on any atom is -0.378 e. The van der Waals surface area contributed by atoms with Crippen LogP contribution in [0.5, 0.6) is 0 Å². The van der Waals surface area contributed by atoms with Crippen LogP contribution in [0, 0.1) is 0 Å². The zero-order chi connectivity index (χ0) is 13.8. The molecule has 19 heavy (non-hydrogen) atoms. The van der Waals surface area contributed by atoms with Crippen LogP contribution in [0.2, 0.25) is 5.02 Å². The molecule has 0 aliphatic heterocycles. The molecule has 1 atom stereocenters. The molecule has 0 aliphatic rings. The van der Waals surface area contributed by atoms with Crippen molar-refractivity contribution in [3.05, 3.63) is 52.8 Å². The number of hydrogen-bond donors (Lipinski definition) is 2. The molecule has 1 aromatic carbocycles. The maximum atomic E-state index is 12.1. The lowest BCUT2D eigenvalue weighted by atomic mass is 10.1. The number of likely N-dealkylation sites (N-methyl/N-ethyl adjacent to an activating group) is 1. The van der Waals surface area contributed by atoms with Crippen molar-refractivity contribution in [2.24, 2.45) is 0 Å². The van der Waals surface area contributed by atoms with E-state index in [1.165, 1.54) is 4.90 Å². The van der Waals surface area contributed by atoms with E-state index >= 15 is 0 Å². The summed E-state index contributed by atoms with van der Waals surface area (Å²) in [6.45, 7) is 0.348. The summed E-state index contributed by atoms with van der Waals surface area (Å²) in [4.78, 5) is 13.5. The van der Waals surface area contributed by atoms with Crippen molar-refractivity contribution in [2.75, 3.05) is 7.05 Å². The molecular weight excluding hydrogens is 266 g/mol. The predicted octanol–water partition coefficient (Wildman–Crippen LogP) is 1.76. The number of aliphatic hydroxyl groups excluding tert-OH is 1. The third-order valence-electron chi connectivity index (χ3n) is 2.78. The number of benzene rings is 1. The van der Waals surface area contributed by atoms with E-state index in [0.717, 1.165) is 5.69 Å². The molecule has 6 heteroatoms. The van der Waals surface area contributed by atoms with Gasteiger partial charge >= 0.3 is 0 Å². The number of nitrogens with one attached hydrogen (secondary N) is 1. The lowest BCUT2D eigenvalue weighted by molar-refractivity contribution is -0.139. The van der Waals surface area contributed by atoms with Crippen LogP contribution in [-0.4, -0.2) is 33.2 Å². The number of hydrogen-bond acceptors (Lipinski definition) is 3. The van der Waals surface area contributed by atoms with E-state index in [-0.39, 0.29) is 0 Å². The van der Waals surface area contributed by atoms with E-state index < -0.39 is 12.0 Å². The smallest absolute Gasteiger partial charge is 0.256 e. The van der Waals surface area contributed by atoms with Crippen molar-refractivity contribution in [1.82, 2.24) is 15.1 Å². The number of halogens is 1. The van der Waals surface area contributed by atoms with E-state index in [4.69, 9.17) is 11.6 Å². The Hall–Kier alpha value is -1.85. The maximum absolute atomic E-state index is 12.1. The number of nitrogens with zero attached hydrogens (tertiary/aromatic N) is 2. The fourth-order valence-electron chi connectivity index (χ4n) is 1.74. The summed E-state index contributed by atoms with van der Waals surface area (Å²) >= 11 is 5.96. The molecule has 2 rings (SSSR count). The average Bonchev–Trinajstić information content (AvgIpc) is 2.90. The van der Waals surface area contributed by atoms with Crippen LogP contribution in [-0.2, 0) is 11.3 Å². The van der Waals surface area contributed by atoms with Gasteiger partial charge in [-0.1, -0.05) is 29.8 Å². The highest BCUT2D eigenvalue weighted by molar-refractivity contribution is 6.31. The van der Waals surface area contributed by atoms with Gasteiger partial charge in [-0.3, -0.25) is 9.89 Å². The van der Waals surface area contributed by atoms with Crippen LogP contribution >= 0.6 is 11.6 Å². The fraction of sp³-hybridized carbons (Fsp3) is 0.231. The van der Waals surface area contributed by atoms with Gasteiger partial charge in [0.25, 0.3) is 5.91 Å². The van der Waals surface area contributed by atoms with Crippen LogP contribution < -0.4 is 0 Å². The second kappa shape index (κ2) is 5.86. The molecule has 0 saturated heterocycles. The normalized spacial score (nSPS) is 12.2. The van der Waals surface area contributed by atoms with Crippen molar-refractivity contribution >= 4 is 17.5 Å². The van der Waals surface area contributed by atoms with Crippen molar-refractivity contribution in [3.8, 4) is 0 Å². The van der Waals surface area contributed by atoms with Crippen LogP contribution in [0.3, 0.4) is 0 Å². The second-order valence-corrected chi connectivity index (χ2v) is 4.61. The van der Waals surface area contributed by atoms with Gasteiger partial charge in [0.2, 0.25) is 0 Å². The number of carbonyl (C=O) groups is 1. The Morgan fingerprint density at radius 2 is 2.21 bits per heavy atom. The van der Waals surface area contributed by atoms with Crippen LogP contribution in [0.25, 0.3) is 0 Å². The minimum absolute atomic E-state index is 0.348. The summed E-state index contributed by atoms with van der Waals surface area (Å²) in [5.41, 5.74) is 1.20. The Balaban J connectivity index is 2.09. The third-order valence-corrected chi connectivity index (χ3v) is 3.12. The molecule has 1 aromatic heterocycles. The first-order chi connectivity index (χ1) is 9.09. The molecule has 1 heterocycles. The summed E-state index contributed by atoms with van der Waals surface area (Å²) in [6.07, 6.45) is 0.347. The number of aromatic nitrogens is 2. The highest BCUT2D eigenvalue weighted by Gasteiger charge is 2.23. The van der Waals surface area contributed by atoms with Gasteiger partial charge < -0.3 is 10.0 Å². The number of amides is 1. The van der Waals surface area contributed by atoms with Gasteiger partial charge in [-0.15, -0.1) is 0 Å². The Morgan fingerprint density at radius 3 is 2.84 bits per heavy atom. The number of aromatic amines is 1. The van der Waals surface area contributed by atoms with E-state index in [9.17, 15) is 9.90 Å². The molecule has 0 fully saturated rings. The first kappa shape index (κ1) is 13.6. The van der Waals surface area contributed by atoms with Gasteiger partial charge in [0.05, 0.1) is 12.2 Å². The van der Waals surface area contributed by atoms with Crippen LogP contribution in [0.4, 0.5) is 0 Å². The summed E-state index contributed by atoms with van der Waals surface area (Å²) in [7, 11) is 1.61. The molecule has 0 radical (unpaired) electrons. The predicted molar refractivity (Wildman–Crippen MR) is 71.5 cm³/mol. The second-order valence-electron chi connectivity index (χ2n) is 4.20. The Labute approximate surface area is 115 Å². The molecule has 1 amide bonds. The number of rotatable bonds is 4. The van der Waals surface area contributed by atoms with Gasteiger partial charge in [0, 0.05) is 23.8 Å². The standard InChI is InChI=1S/C13H14ClN3O2/c1-17(8-9-6-7-15-16-9)13(19)12(18)10-4-2-3-5-11(10)14/h2-7,12,18H,8H2,1H3,(H,15,16)/t12-/m0/s1. The number of H-pyrrole nitrogens is 1. The van der Waals surface area contributed by atoms with Gasteiger partial charge in [-0.05, 0) is 12.1 Å². The molecular formula is C13H14ClN3O2. The Morgan fingerprint density at radius 1 is 1.47 bits per heavy atom. The van der Waals surface area contributed by atoms with Crippen molar-refractivity contribution in [2.45, 2.75) is 12.6 Å². The molecule has 0 bridgehead atoms. The van der Waals surface area contributed by atoms with E-state index in [1.54, 1.807) is 43.6 Å². The first-order valence-electron chi connectivity index (χ1n) is 5.75. The van der Waals surface area contributed by atoms with Gasteiger partial charge in [-0.2, -0.15) is 5.10 Å². The SMILES string of the molecule is CN(Cc1ccn[nH]1)C(=O)[C@@H](O)c1ccccc1Cl. The molecule has 0 spiro atoms. The minimum atomic E-state index is -1.26. The lowest BCUT2D eigenvalue weighted by Gasteiger charge is -2.20. The van der Waals surface area contributed by atoms with Gasteiger partial charge in [0.1, 0.15) is 0 Å². The fourth-order valence-corrected chi connectivity index (χ4v) is 1.98. The quantitative estimate of drug-likeness (QED) is 0.896. The van der Waals surface area contributed by atoms with E-state index in [0.29, 0.717) is 17.1 Å². The zero-order valence-corrected chi connectivity index (χ0v) is 11.1. The number of aliphatic hydroxyl groups is 1. The third kappa shape index (κ3) is 3.13. The van der Waals surface area contributed by atoms with Crippen molar-refractivity contribution < 1.29 is 9.90 Å². The maximum Gasteiger partial charge on any atom is 0.256 e. The molecule has 2 aromatic rings. The lowest BCUT2D eigenvalue weighted by Crippen LogP contribution is -2.31. The highest BCUT2D eigenvalue weighted by atomic mass is 35.5. The molecule has 0 unspecified atom stereocenters.